The summed E-state index contributed by atoms with van der Waals surface area (Å²) in [6, 6.07) is 18.1. The molecule has 3 nitrogen and oxygen atoms in total. The Kier molecular flexibility index (Phi) is 5.32. The van der Waals surface area contributed by atoms with Crippen LogP contribution in [0.5, 0.6) is 11.5 Å². The molecule has 0 aromatic heterocycles. The topological polar surface area (TPSA) is 35.5 Å². The van der Waals surface area contributed by atoms with Crippen LogP contribution in [-0.2, 0) is 9.53 Å². The molecule has 0 N–H and O–H groups in total. The van der Waals surface area contributed by atoms with E-state index < -0.39 is 0 Å². The molecule has 0 atom stereocenters. The summed E-state index contributed by atoms with van der Waals surface area (Å²) in [7, 11) is 0. The molecule has 1 saturated carbocycles. The number of carbonyl (C=O) groups excluding carboxylic acids is 1. The zero-order valence-electron chi connectivity index (χ0n) is 13.9. The maximum absolute atomic E-state index is 11.3. The standard InChI is InChI=1S/C21H22O3/c1-2-23-21(22)12-11-16-13-18(14-16)17-7-6-10-20(15-17)24-19-8-4-3-5-9-19/h3-12,15-16,18H,2,13-14H2,1H3/b12-11+. The molecule has 1 aliphatic rings. The first-order valence-electron chi connectivity index (χ1n) is 8.42. The van der Waals surface area contributed by atoms with Gasteiger partial charge in [-0.3, -0.25) is 0 Å². The normalized spacial score (nSPS) is 19.7. The molecule has 0 unspecified atom stereocenters. The Balaban J connectivity index is 1.55. The van der Waals surface area contributed by atoms with Gasteiger partial charge in [-0.1, -0.05) is 36.4 Å². The molecule has 0 bridgehead atoms. The molecule has 2 aromatic carbocycles. The van der Waals surface area contributed by atoms with Gasteiger partial charge >= 0.3 is 5.97 Å². The van der Waals surface area contributed by atoms with Gasteiger partial charge in [-0.05, 0) is 61.4 Å². The molecule has 24 heavy (non-hydrogen) atoms. The maximum Gasteiger partial charge on any atom is 0.330 e. The van der Waals surface area contributed by atoms with Gasteiger partial charge in [0, 0.05) is 6.08 Å². The highest BCUT2D eigenvalue weighted by atomic mass is 16.5. The molecule has 0 spiro atoms. The van der Waals surface area contributed by atoms with Gasteiger partial charge < -0.3 is 9.47 Å². The van der Waals surface area contributed by atoms with Gasteiger partial charge in [0.25, 0.3) is 0 Å². The Hall–Kier alpha value is -2.55. The third-order valence-electron chi connectivity index (χ3n) is 4.27. The fraction of sp³-hybridized carbons (Fsp3) is 0.286. The minimum absolute atomic E-state index is 0.251. The number of para-hydroxylation sites is 1. The molecular formula is C21H22O3. The van der Waals surface area contributed by atoms with E-state index in [4.69, 9.17) is 9.47 Å². The first-order valence-corrected chi connectivity index (χ1v) is 8.42. The summed E-state index contributed by atoms with van der Waals surface area (Å²) in [5.41, 5.74) is 1.30. The minimum atomic E-state index is -0.251. The Bertz CT molecular complexity index is 700. The minimum Gasteiger partial charge on any atom is -0.463 e. The fourth-order valence-electron chi connectivity index (χ4n) is 2.95. The van der Waals surface area contributed by atoms with E-state index in [0.29, 0.717) is 18.4 Å². The number of allylic oxidation sites excluding steroid dienone is 1. The number of carbonyl (C=O) groups is 1. The van der Waals surface area contributed by atoms with E-state index in [1.54, 1.807) is 6.08 Å². The summed E-state index contributed by atoms with van der Waals surface area (Å²) in [6.45, 7) is 2.24. The maximum atomic E-state index is 11.3. The van der Waals surface area contributed by atoms with Crippen molar-refractivity contribution < 1.29 is 14.3 Å². The van der Waals surface area contributed by atoms with Gasteiger partial charge in [-0.2, -0.15) is 0 Å². The molecule has 0 aliphatic heterocycles. The highest BCUT2D eigenvalue weighted by molar-refractivity contribution is 5.81. The number of rotatable bonds is 6. The van der Waals surface area contributed by atoms with E-state index >= 15 is 0 Å². The van der Waals surface area contributed by atoms with E-state index in [9.17, 15) is 4.79 Å². The largest absolute Gasteiger partial charge is 0.463 e. The first kappa shape index (κ1) is 16.3. The predicted molar refractivity (Wildman–Crippen MR) is 94.2 cm³/mol. The van der Waals surface area contributed by atoms with Gasteiger partial charge in [0.1, 0.15) is 11.5 Å². The average Bonchev–Trinajstić information content (AvgIpc) is 2.55. The van der Waals surface area contributed by atoms with Crippen LogP contribution in [0, 0.1) is 5.92 Å². The van der Waals surface area contributed by atoms with Crippen molar-refractivity contribution in [2.24, 2.45) is 5.92 Å². The van der Waals surface area contributed by atoms with Crippen LogP contribution >= 0.6 is 0 Å². The van der Waals surface area contributed by atoms with Crippen molar-refractivity contribution in [3.05, 3.63) is 72.3 Å². The second-order valence-electron chi connectivity index (χ2n) is 6.03. The molecule has 0 radical (unpaired) electrons. The third-order valence-corrected chi connectivity index (χ3v) is 4.27. The van der Waals surface area contributed by atoms with Gasteiger partial charge in [0.15, 0.2) is 0 Å². The first-order chi connectivity index (χ1) is 11.7. The van der Waals surface area contributed by atoms with Gasteiger partial charge in [0.05, 0.1) is 6.61 Å². The zero-order chi connectivity index (χ0) is 16.8. The quantitative estimate of drug-likeness (QED) is 0.549. The fourth-order valence-corrected chi connectivity index (χ4v) is 2.95. The molecule has 2 aromatic rings. The third kappa shape index (κ3) is 4.25. The smallest absolute Gasteiger partial charge is 0.330 e. The Morgan fingerprint density at radius 2 is 1.83 bits per heavy atom. The molecule has 1 fully saturated rings. The van der Waals surface area contributed by atoms with Crippen molar-refractivity contribution in [3.8, 4) is 11.5 Å². The van der Waals surface area contributed by atoms with Crippen LogP contribution < -0.4 is 4.74 Å². The summed E-state index contributed by atoms with van der Waals surface area (Å²) < 4.78 is 10.8. The van der Waals surface area contributed by atoms with Crippen molar-refractivity contribution in [2.75, 3.05) is 6.61 Å². The average molecular weight is 322 g/mol. The number of esters is 1. The Morgan fingerprint density at radius 3 is 2.58 bits per heavy atom. The second-order valence-corrected chi connectivity index (χ2v) is 6.03. The molecule has 3 rings (SSSR count). The summed E-state index contributed by atoms with van der Waals surface area (Å²) >= 11 is 0. The Morgan fingerprint density at radius 1 is 1.08 bits per heavy atom. The predicted octanol–water partition coefficient (Wildman–Crippen LogP) is 5.09. The molecule has 1 aliphatic carbocycles. The van der Waals surface area contributed by atoms with E-state index in [0.717, 1.165) is 24.3 Å². The lowest BCUT2D eigenvalue weighted by atomic mass is 9.71. The van der Waals surface area contributed by atoms with Crippen LogP contribution in [0.4, 0.5) is 0 Å². The highest BCUT2D eigenvalue weighted by Crippen LogP contribution is 2.43. The molecule has 0 heterocycles. The number of ether oxygens (including phenoxy) is 2. The molecule has 3 heteroatoms. The zero-order valence-corrected chi connectivity index (χ0v) is 13.9. The van der Waals surface area contributed by atoms with Crippen molar-refractivity contribution in [2.45, 2.75) is 25.7 Å². The number of hydrogen-bond donors (Lipinski definition) is 0. The SMILES string of the molecule is CCOC(=O)/C=C/C1CC(c2cccc(Oc3ccccc3)c2)C1. The molecule has 124 valence electrons. The molecule has 0 amide bonds. The van der Waals surface area contributed by atoms with Crippen LogP contribution in [0.25, 0.3) is 0 Å². The van der Waals surface area contributed by atoms with E-state index in [-0.39, 0.29) is 5.97 Å². The lowest BCUT2D eigenvalue weighted by Gasteiger charge is -2.33. The van der Waals surface area contributed by atoms with Gasteiger partial charge in [-0.15, -0.1) is 0 Å². The van der Waals surface area contributed by atoms with E-state index in [1.807, 2.05) is 55.5 Å². The van der Waals surface area contributed by atoms with E-state index in [2.05, 4.69) is 12.1 Å². The van der Waals surface area contributed by atoms with Crippen LogP contribution in [-0.4, -0.2) is 12.6 Å². The van der Waals surface area contributed by atoms with Gasteiger partial charge in [0.2, 0.25) is 0 Å². The summed E-state index contributed by atoms with van der Waals surface area (Å²) in [4.78, 5) is 11.3. The van der Waals surface area contributed by atoms with Crippen molar-refractivity contribution >= 4 is 5.97 Å². The molecular weight excluding hydrogens is 300 g/mol. The van der Waals surface area contributed by atoms with Gasteiger partial charge in [-0.25, -0.2) is 4.79 Å². The summed E-state index contributed by atoms with van der Waals surface area (Å²) in [5.74, 6) is 2.45. The number of hydrogen-bond acceptors (Lipinski definition) is 3. The highest BCUT2D eigenvalue weighted by Gasteiger charge is 2.28. The van der Waals surface area contributed by atoms with Crippen LogP contribution in [0.2, 0.25) is 0 Å². The van der Waals surface area contributed by atoms with E-state index in [1.165, 1.54) is 5.56 Å². The van der Waals surface area contributed by atoms with Crippen LogP contribution in [0.15, 0.2) is 66.7 Å². The molecule has 0 saturated heterocycles. The van der Waals surface area contributed by atoms with Crippen molar-refractivity contribution in [3.63, 3.8) is 0 Å². The summed E-state index contributed by atoms with van der Waals surface area (Å²) in [5, 5.41) is 0. The number of benzene rings is 2. The van der Waals surface area contributed by atoms with Crippen LogP contribution in [0.1, 0.15) is 31.2 Å². The van der Waals surface area contributed by atoms with Crippen molar-refractivity contribution in [1.82, 2.24) is 0 Å². The second kappa shape index (κ2) is 7.82. The van der Waals surface area contributed by atoms with Crippen molar-refractivity contribution in [1.29, 1.82) is 0 Å². The monoisotopic (exact) mass is 322 g/mol. The van der Waals surface area contributed by atoms with Crippen LogP contribution in [0.3, 0.4) is 0 Å². The lowest BCUT2D eigenvalue weighted by Crippen LogP contribution is -2.20. The lowest BCUT2D eigenvalue weighted by molar-refractivity contribution is -0.137. The summed E-state index contributed by atoms with van der Waals surface area (Å²) in [6.07, 6.45) is 5.65. The Labute approximate surface area is 142 Å².